The highest BCUT2D eigenvalue weighted by atomic mass is 32.1. The van der Waals surface area contributed by atoms with Gasteiger partial charge >= 0.3 is 0 Å². The quantitative estimate of drug-likeness (QED) is 0.846. The Balaban J connectivity index is 2.01. The summed E-state index contributed by atoms with van der Waals surface area (Å²) in [7, 11) is 0. The second-order valence-corrected chi connectivity index (χ2v) is 5.29. The second kappa shape index (κ2) is 6.59. The highest BCUT2D eigenvalue weighted by Gasteiger charge is 2.10. The van der Waals surface area contributed by atoms with Crippen molar-refractivity contribution in [2.24, 2.45) is 0 Å². The predicted molar refractivity (Wildman–Crippen MR) is 78.8 cm³/mol. The van der Waals surface area contributed by atoms with Crippen molar-refractivity contribution in [2.45, 2.75) is 26.4 Å². The molecule has 2 rings (SSSR count). The molecule has 2 aromatic rings. The van der Waals surface area contributed by atoms with Crippen LogP contribution in [-0.4, -0.2) is 11.7 Å². The summed E-state index contributed by atoms with van der Waals surface area (Å²) in [6, 6.07) is 10.0. The molecule has 0 saturated carbocycles. The molecule has 0 amide bonds. The van der Waals surface area contributed by atoms with Gasteiger partial charge < -0.3 is 15.2 Å². The third-order valence-corrected chi connectivity index (χ3v) is 4.01. The van der Waals surface area contributed by atoms with Crippen LogP contribution >= 0.6 is 11.3 Å². The zero-order valence-corrected chi connectivity index (χ0v) is 12.0. The third kappa shape index (κ3) is 3.49. The fourth-order valence-corrected chi connectivity index (χ4v) is 2.64. The Bertz CT molecular complexity index is 511. The second-order valence-electron chi connectivity index (χ2n) is 4.31. The highest BCUT2D eigenvalue weighted by molar-refractivity contribution is 7.10. The van der Waals surface area contributed by atoms with Gasteiger partial charge in [-0.15, -0.1) is 11.3 Å². The summed E-state index contributed by atoms with van der Waals surface area (Å²) >= 11 is 1.73. The number of phenolic OH excluding ortho intramolecular Hbond substituents is 1. The summed E-state index contributed by atoms with van der Waals surface area (Å²) in [5.41, 5.74) is 0.856. The smallest absolute Gasteiger partial charge is 0.162 e. The van der Waals surface area contributed by atoms with Crippen LogP contribution in [0.3, 0.4) is 0 Å². The summed E-state index contributed by atoms with van der Waals surface area (Å²) in [5, 5.41) is 15.6. The number of benzene rings is 1. The zero-order chi connectivity index (χ0) is 13.7. The number of aromatic hydroxyl groups is 1. The van der Waals surface area contributed by atoms with E-state index in [0.29, 0.717) is 18.9 Å². The normalized spacial score (nSPS) is 12.3. The van der Waals surface area contributed by atoms with E-state index in [9.17, 15) is 5.11 Å². The van der Waals surface area contributed by atoms with Crippen molar-refractivity contribution >= 4 is 11.3 Å². The summed E-state index contributed by atoms with van der Waals surface area (Å²) in [4.78, 5) is 1.29. The van der Waals surface area contributed by atoms with Gasteiger partial charge in [-0.25, -0.2) is 0 Å². The van der Waals surface area contributed by atoms with Crippen LogP contribution in [0.4, 0.5) is 0 Å². The van der Waals surface area contributed by atoms with E-state index < -0.39 is 0 Å². The van der Waals surface area contributed by atoms with E-state index in [1.165, 1.54) is 4.88 Å². The summed E-state index contributed by atoms with van der Waals surface area (Å²) in [5.74, 6) is 0.779. The highest BCUT2D eigenvalue weighted by Crippen LogP contribution is 2.30. The molecule has 0 fully saturated rings. The van der Waals surface area contributed by atoms with Gasteiger partial charge in [0, 0.05) is 23.0 Å². The maximum atomic E-state index is 10.1. The first-order valence-corrected chi connectivity index (χ1v) is 7.30. The van der Waals surface area contributed by atoms with Gasteiger partial charge in [-0.2, -0.15) is 0 Å². The van der Waals surface area contributed by atoms with Crippen molar-refractivity contribution in [1.29, 1.82) is 0 Å². The molecule has 0 aliphatic heterocycles. The molecule has 2 N–H and O–H groups in total. The lowest BCUT2D eigenvalue weighted by Crippen LogP contribution is -2.17. The number of phenols is 1. The summed E-state index contributed by atoms with van der Waals surface area (Å²) in [6.45, 7) is 5.19. The van der Waals surface area contributed by atoms with Gasteiger partial charge in [-0.05, 0) is 31.4 Å². The molecular weight excluding hydrogens is 258 g/mol. The van der Waals surface area contributed by atoms with Crippen LogP contribution in [-0.2, 0) is 6.54 Å². The lowest BCUT2D eigenvalue weighted by Gasteiger charge is -2.14. The van der Waals surface area contributed by atoms with Crippen LogP contribution in [0.25, 0.3) is 0 Å². The topological polar surface area (TPSA) is 41.5 Å². The number of ether oxygens (including phenoxy) is 1. The van der Waals surface area contributed by atoms with Crippen molar-refractivity contribution in [2.75, 3.05) is 6.61 Å². The molecule has 0 aliphatic rings. The Morgan fingerprint density at radius 2 is 2.16 bits per heavy atom. The minimum absolute atomic E-state index is 0.232. The number of nitrogens with one attached hydrogen (secondary N) is 1. The largest absolute Gasteiger partial charge is 0.504 e. The van der Waals surface area contributed by atoms with Gasteiger partial charge in [0.15, 0.2) is 11.5 Å². The fraction of sp³-hybridized carbons (Fsp3) is 0.333. The van der Waals surface area contributed by atoms with Crippen molar-refractivity contribution in [3.63, 3.8) is 0 Å². The molecule has 1 unspecified atom stereocenters. The Morgan fingerprint density at radius 1 is 1.32 bits per heavy atom. The van der Waals surface area contributed by atoms with Gasteiger partial charge in [0.2, 0.25) is 0 Å². The third-order valence-electron chi connectivity index (χ3n) is 2.95. The lowest BCUT2D eigenvalue weighted by molar-refractivity contribution is 0.316. The van der Waals surface area contributed by atoms with Crippen LogP contribution in [0.2, 0.25) is 0 Å². The SMILES string of the molecule is CCOc1cccc(CNC(C)c2cccs2)c1O. The van der Waals surface area contributed by atoms with Crippen LogP contribution in [0.15, 0.2) is 35.7 Å². The molecule has 1 aromatic carbocycles. The van der Waals surface area contributed by atoms with Gasteiger partial charge in [0.1, 0.15) is 0 Å². The summed E-state index contributed by atoms with van der Waals surface area (Å²) in [6.07, 6.45) is 0. The average molecular weight is 277 g/mol. The molecule has 0 bridgehead atoms. The molecule has 0 spiro atoms. The molecule has 0 radical (unpaired) electrons. The maximum absolute atomic E-state index is 10.1. The fourth-order valence-electron chi connectivity index (χ4n) is 1.88. The predicted octanol–water partition coefficient (Wildman–Crippen LogP) is 3.70. The number of thiophene rings is 1. The van der Waals surface area contributed by atoms with Crippen LogP contribution in [0.1, 0.15) is 30.3 Å². The molecule has 3 nitrogen and oxygen atoms in total. The van der Waals surface area contributed by atoms with Crippen molar-refractivity contribution in [1.82, 2.24) is 5.32 Å². The Morgan fingerprint density at radius 3 is 2.84 bits per heavy atom. The van der Waals surface area contributed by atoms with Crippen molar-refractivity contribution < 1.29 is 9.84 Å². The van der Waals surface area contributed by atoms with Crippen molar-refractivity contribution in [3.8, 4) is 11.5 Å². The first-order chi connectivity index (χ1) is 9.22. The minimum Gasteiger partial charge on any atom is -0.504 e. The Kier molecular flexibility index (Phi) is 4.82. The molecule has 1 heterocycles. The van der Waals surface area contributed by atoms with Gasteiger partial charge in [-0.3, -0.25) is 0 Å². The molecule has 102 valence electrons. The number of para-hydroxylation sites is 1. The number of hydrogen-bond donors (Lipinski definition) is 2. The lowest BCUT2D eigenvalue weighted by atomic mass is 10.1. The van der Waals surface area contributed by atoms with E-state index in [-0.39, 0.29) is 11.8 Å². The minimum atomic E-state index is 0.232. The number of hydrogen-bond acceptors (Lipinski definition) is 4. The molecule has 0 aliphatic carbocycles. The van der Waals surface area contributed by atoms with Crippen LogP contribution in [0, 0.1) is 0 Å². The standard InChI is InChI=1S/C15H19NO2S/c1-3-18-13-7-4-6-12(15(13)17)10-16-11(2)14-8-5-9-19-14/h4-9,11,16-17H,3,10H2,1-2H3. The van der Waals surface area contributed by atoms with E-state index in [1.54, 1.807) is 17.4 Å². The van der Waals surface area contributed by atoms with Gasteiger partial charge in [-0.1, -0.05) is 18.2 Å². The molecule has 0 saturated heterocycles. The number of rotatable bonds is 6. The van der Waals surface area contributed by atoms with Gasteiger partial charge in [0.25, 0.3) is 0 Å². The monoisotopic (exact) mass is 277 g/mol. The van der Waals surface area contributed by atoms with E-state index in [4.69, 9.17) is 4.74 Å². The zero-order valence-electron chi connectivity index (χ0n) is 11.2. The Labute approximate surface area is 117 Å². The maximum Gasteiger partial charge on any atom is 0.162 e. The van der Waals surface area contributed by atoms with E-state index in [2.05, 4.69) is 23.7 Å². The summed E-state index contributed by atoms with van der Waals surface area (Å²) < 4.78 is 5.38. The van der Waals surface area contributed by atoms with E-state index in [1.807, 2.05) is 25.1 Å². The molecule has 1 atom stereocenters. The first-order valence-electron chi connectivity index (χ1n) is 6.42. The van der Waals surface area contributed by atoms with Crippen LogP contribution < -0.4 is 10.1 Å². The van der Waals surface area contributed by atoms with Gasteiger partial charge in [0.05, 0.1) is 6.61 Å². The molecule has 1 aromatic heterocycles. The molecule has 4 heteroatoms. The molecular formula is C15H19NO2S. The Hall–Kier alpha value is -1.52. The molecule has 19 heavy (non-hydrogen) atoms. The van der Waals surface area contributed by atoms with E-state index >= 15 is 0 Å². The first kappa shape index (κ1) is 13.9. The average Bonchev–Trinajstić information content (AvgIpc) is 2.94. The van der Waals surface area contributed by atoms with Crippen LogP contribution in [0.5, 0.6) is 11.5 Å². The van der Waals surface area contributed by atoms with E-state index in [0.717, 1.165) is 5.56 Å². The van der Waals surface area contributed by atoms with Crippen molar-refractivity contribution in [3.05, 3.63) is 46.2 Å².